The van der Waals surface area contributed by atoms with Gasteiger partial charge >= 0.3 is 36.0 Å². The second-order valence-corrected chi connectivity index (χ2v) is 31.8. The fourth-order valence-corrected chi connectivity index (χ4v) is 16.2. The monoisotopic (exact) mass is 1770 g/mol. The number of carbonyl (C=O) groups is 6. The molecule has 6 saturated heterocycles. The van der Waals surface area contributed by atoms with Crippen LogP contribution in [-0.4, -0.2) is 203 Å². The second-order valence-electron chi connectivity index (χ2n) is 31.4. The number of carboxylic acids is 3. The van der Waals surface area contributed by atoms with Crippen LogP contribution < -0.4 is 31.9 Å². The van der Waals surface area contributed by atoms with Gasteiger partial charge in [0.15, 0.2) is 88.5 Å². The average molecular weight is 1770 g/mol. The highest BCUT2D eigenvalue weighted by atomic mass is 35.5. The van der Waals surface area contributed by atoms with E-state index in [1.165, 1.54) is 49.6 Å². The number of carbonyl (C=O) groups excluding carboxylic acids is 3. The standard InChI is InChI=1S/C29H27ClN6O7.C29H27FN6O7.C29H28N6O7/c2*30-19-8-4-7-17(27(37)38)18(19)11-40-12-20-22-23(43-28(42-22)15-5-2-1-3-6-15)26(41-20)36-14-33-21-24(31-13-32-25(21)36)35-29(39)34-16-9-10-16;36-27(37)19-9-5-4-8-17(19)12-39-13-20-22-23(42-28(41-22)16-6-2-1-3-7-16)26(40-20)35-15-32-21-24(30-14-31-25(21)35)34-29(38)33-18-10-11-18/h2*1-8,13-14,16,20,22-23,26,28H,9-12H2,(H,37,38)(H2,31,32,34,35,39);1-9,14-15,18,20,22-23,26,28H,10-13H2,(H,36,37)(H2,30,31,33,34,38)/t3*20?,22?,23?,26?,28-/m000/s1. The molecule has 6 amide bonds. The summed E-state index contributed by atoms with van der Waals surface area (Å²) in [5.74, 6) is -3.22. The second kappa shape index (κ2) is 37.1. The first-order valence-corrected chi connectivity index (χ1v) is 41.7. The quantitative estimate of drug-likeness (QED) is 0.0231. The summed E-state index contributed by atoms with van der Waals surface area (Å²) >= 11 is 6.29. The number of urea groups is 3. The number of imidazole rings is 3. The van der Waals surface area contributed by atoms with E-state index in [1.54, 1.807) is 62.8 Å². The molecule has 6 aliphatic heterocycles. The number of carboxylic acid groups (broad SMARTS) is 3. The first-order chi connectivity index (χ1) is 62.5. The van der Waals surface area contributed by atoms with Crippen LogP contribution in [0.2, 0.25) is 5.02 Å². The molecule has 15 atom stereocenters. The molecule has 39 nitrogen and oxygen atoms in total. The predicted octanol–water partition coefficient (Wildman–Crippen LogP) is 11.0. The van der Waals surface area contributed by atoms with Crippen molar-refractivity contribution in [2.24, 2.45) is 0 Å². The molecular formula is C87H82ClFN18O21. The molecule has 0 bridgehead atoms. The van der Waals surface area contributed by atoms with Crippen LogP contribution in [0.4, 0.5) is 36.2 Å². The lowest BCUT2D eigenvalue weighted by Crippen LogP contribution is -2.31. The Hall–Kier alpha value is -13.1. The van der Waals surface area contributed by atoms with Gasteiger partial charge in [0.1, 0.15) is 79.7 Å². The van der Waals surface area contributed by atoms with Crippen LogP contribution in [0, 0.1) is 5.82 Å². The molecule has 12 unspecified atom stereocenters. The zero-order valence-electron chi connectivity index (χ0n) is 67.6. The first-order valence-electron chi connectivity index (χ1n) is 41.3. The number of amides is 6. The van der Waals surface area contributed by atoms with Gasteiger partial charge in [0.25, 0.3) is 0 Å². The highest BCUT2D eigenvalue weighted by Gasteiger charge is 2.57. The van der Waals surface area contributed by atoms with Gasteiger partial charge in [0.2, 0.25) is 0 Å². The van der Waals surface area contributed by atoms with E-state index < -0.39 is 116 Å². The molecule has 3 saturated carbocycles. The maximum Gasteiger partial charge on any atom is 0.336 e. The van der Waals surface area contributed by atoms with Crippen LogP contribution >= 0.6 is 11.6 Å². The minimum atomic E-state index is -1.25. The van der Waals surface area contributed by atoms with Crippen LogP contribution in [0.15, 0.2) is 190 Å². The molecule has 9 aliphatic rings. The van der Waals surface area contributed by atoms with E-state index in [1.807, 2.05) is 91.0 Å². The number of anilines is 3. The molecule has 128 heavy (non-hydrogen) atoms. The van der Waals surface area contributed by atoms with Crippen molar-refractivity contribution in [1.82, 2.24) is 74.5 Å². The lowest BCUT2D eigenvalue weighted by molar-refractivity contribution is -0.158. The highest BCUT2D eigenvalue weighted by Crippen LogP contribution is 2.49. The molecular weight excluding hydrogens is 1690 g/mol. The average Bonchev–Trinajstić information content (AvgIpc) is 1.60. The Morgan fingerprint density at radius 1 is 0.375 bits per heavy atom. The van der Waals surface area contributed by atoms with Crippen LogP contribution in [0.25, 0.3) is 33.5 Å². The van der Waals surface area contributed by atoms with Gasteiger partial charge in [0, 0.05) is 51.0 Å². The van der Waals surface area contributed by atoms with Gasteiger partial charge in [-0.1, -0.05) is 133 Å². The molecule has 0 radical (unpaired) electrons. The Kier molecular flexibility index (Phi) is 24.5. The number of fused-ring (bicyclic) bond motifs is 6. The first kappa shape index (κ1) is 84.4. The summed E-state index contributed by atoms with van der Waals surface area (Å²) in [7, 11) is 0. The molecule has 12 heterocycles. The van der Waals surface area contributed by atoms with Crippen LogP contribution in [0.5, 0.6) is 0 Å². The van der Waals surface area contributed by atoms with E-state index >= 15 is 0 Å². The number of rotatable bonds is 27. The van der Waals surface area contributed by atoms with Gasteiger partial charge in [-0.2, -0.15) is 0 Å². The summed E-state index contributed by atoms with van der Waals surface area (Å²) in [6, 6.07) is 43.3. The SMILES string of the molecule is O=C(Nc1ncnc2c1ncn2C1OC(COCc2c(Cl)cccc2C(=O)O)C2O[C@H](c3ccccc3)OC21)NC1CC1.O=C(Nc1ncnc2c1ncn2C1OC(COCc2c(F)cccc2C(=O)O)C2O[C@H](c3ccccc3)OC21)NC1CC1.O=C(Nc1ncnc2c1ncn2C1OC(COCc2ccccc2C(=O)O)C2O[C@H](c3ccccc3)OC21)NC1CC1. The topological polar surface area (TPSA) is 477 Å². The molecule has 660 valence electrons. The third kappa shape index (κ3) is 18.3. The summed E-state index contributed by atoms with van der Waals surface area (Å²) in [5.41, 5.74) is 5.97. The van der Waals surface area contributed by atoms with E-state index in [0.717, 1.165) is 55.2 Å². The number of halogens is 2. The van der Waals surface area contributed by atoms with Crippen LogP contribution in [0.3, 0.4) is 0 Å². The third-order valence-corrected chi connectivity index (χ3v) is 23.0. The maximum atomic E-state index is 14.5. The zero-order valence-corrected chi connectivity index (χ0v) is 68.3. The Morgan fingerprint density at radius 2 is 0.703 bits per heavy atom. The minimum Gasteiger partial charge on any atom is -0.478 e. The van der Waals surface area contributed by atoms with E-state index in [2.05, 4.69) is 76.8 Å². The smallest absolute Gasteiger partial charge is 0.336 e. The van der Waals surface area contributed by atoms with Crippen LogP contribution in [-0.2, 0) is 76.7 Å². The fraction of sp³-hybridized carbons (Fsp3) is 0.345. The number of nitrogens with zero attached hydrogens (tertiary/aromatic N) is 12. The predicted molar refractivity (Wildman–Crippen MR) is 444 cm³/mol. The maximum absolute atomic E-state index is 14.5. The lowest BCUT2D eigenvalue weighted by atomic mass is 10.1. The van der Waals surface area contributed by atoms with Crippen molar-refractivity contribution >= 4 is 98.5 Å². The summed E-state index contributed by atoms with van der Waals surface area (Å²) < 4.78 is 94.8. The van der Waals surface area contributed by atoms with E-state index in [0.29, 0.717) is 49.6 Å². The molecule has 9 fully saturated rings. The molecule has 0 spiro atoms. The van der Waals surface area contributed by atoms with E-state index in [-0.39, 0.29) is 116 Å². The van der Waals surface area contributed by atoms with Gasteiger partial charge in [-0.05, 0) is 74.4 Å². The number of hydrogen-bond donors (Lipinski definition) is 9. The van der Waals surface area contributed by atoms with Crippen molar-refractivity contribution in [2.75, 3.05) is 35.8 Å². The van der Waals surface area contributed by atoms with E-state index in [9.17, 15) is 48.5 Å². The zero-order chi connectivity index (χ0) is 87.6. The Morgan fingerprint density at radius 3 is 1.08 bits per heavy atom. The summed E-state index contributed by atoms with van der Waals surface area (Å²) in [4.78, 5) is 111. The Labute approximate surface area is 730 Å². The van der Waals surface area contributed by atoms with Crippen molar-refractivity contribution in [3.8, 4) is 0 Å². The molecule has 12 aromatic rings. The summed E-state index contributed by atoms with van der Waals surface area (Å²) in [6.45, 7) is -0.0587. The highest BCUT2D eigenvalue weighted by molar-refractivity contribution is 6.31. The number of benzene rings is 6. The number of ether oxygens (including phenoxy) is 12. The van der Waals surface area contributed by atoms with Gasteiger partial charge in [-0.3, -0.25) is 29.7 Å². The van der Waals surface area contributed by atoms with E-state index in [4.69, 9.17) is 68.4 Å². The largest absolute Gasteiger partial charge is 0.478 e. The molecule has 6 aromatic carbocycles. The lowest BCUT2D eigenvalue weighted by Gasteiger charge is -2.21. The van der Waals surface area contributed by atoms with Gasteiger partial charge in [-0.25, -0.2) is 78.0 Å². The third-order valence-electron chi connectivity index (χ3n) is 22.6. The molecule has 9 N–H and O–H groups in total. The van der Waals surface area contributed by atoms with Gasteiger partial charge in [0.05, 0.1) is 75.3 Å². The number of aromatic nitrogens is 12. The normalized spacial score (nSPS) is 24.7. The summed E-state index contributed by atoms with van der Waals surface area (Å²) in [6.07, 6.45) is 5.32. The van der Waals surface area contributed by atoms with Gasteiger partial charge in [-0.15, -0.1) is 0 Å². The molecule has 21 rings (SSSR count). The summed E-state index contributed by atoms with van der Waals surface area (Å²) in [5, 5.41) is 45.7. The van der Waals surface area contributed by atoms with Crippen LogP contribution in [0.1, 0.15) is 141 Å². The van der Waals surface area contributed by atoms with Crippen molar-refractivity contribution in [3.05, 3.63) is 251 Å². The molecule has 3 aliphatic carbocycles. The number of hydrogen-bond acceptors (Lipinski definition) is 27. The van der Waals surface area contributed by atoms with Crippen molar-refractivity contribution < 1.29 is 105 Å². The number of aromatic carboxylic acids is 3. The van der Waals surface area contributed by atoms with Gasteiger partial charge < -0.3 is 88.1 Å². The molecule has 6 aromatic heterocycles. The minimum absolute atomic E-state index is 0.0360. The van der Waals surface area contributed by atoms with Crippen molar-refractivity contribution in [3.63, 3.8) is 0 Å². The Bertz CT molecular complexity index is 5860. The van der Waals surface area contributed by atoms with Crippen molar-refractivity contribution in [1.29, 1.82) is 0 Å². The fourth-order valence-electron chi connectivity index (χ4n) is 15.9. The number of nitrogens with one attached hydrogen (secondary N) is 6. The molecule has 41 heteroatoms. The van der Waals surface area contributed by atoms with Crippen molar-refractivity contribution in [2.45, 2.75) is 169 Å². The Balaban J connectivity index is 0.000000125.